The van der Waals surface area contributed by atoms with E-state index in [0.29, 0.717) is 16.3 Å². The van der Waals surface area contributed by atoms with Gasteiger partial charge in [-0.2, -0.15) is 5.17 Å². The monoisotopic (exact) mass is 444 g/mol. The van der Waals surface area contributed by atoms with Crippen molar-refractivity contribution in [1.82, 2.24) is 9.97 Å². The van der Waals surface area contributed by atoms with Gasteiger partial charge in [-0.25, -0.2) is 18.7 Å². The van der Waals surface area contributed by atoms with Crippen LogP contribution in [-0.2, 0) is 6.61 Å². The highest BCUT2D eigenvalue weighted by atomic mass is 19.1. The Morgan fingerprint density at radius 3 is 2.69 bits per heavy atom. The average molecular weight is 444 g/mol. The number of nitrogens with zero attached hydrogens (tertiary/aromatic N) is 3. The number of anilines is 3. The Hall–Kier alpha value is -3.99. The third kappa shape index (κ3) is 4.83. The number of halogens is 2. The predicted molar refractivity (Wildman–Crippen MR) is 115 cm³/mol. The number of hydrogen-bond donors (Lipinski definition) is 4. The van der Waals surface area contributed by atoms with Crippen LogP contribution in [0.5, 0.6) is 11.6 Å². The van der Waals surface area contributed by atoms with Crippen LogP contribution < -0.4 is 25.8 Å². The van der Waals surface area contributed by atoms with Crippen LogP contribution in [0.1, 0.15) is 23.6 Å². The van der Waals surface area contributed by atoms with Crippen LogP contribution in [0.4, 0.5) is 26.0 Å². The van der Waals surface area contributed by atoms with E-state index in [-0.39, 0.29) is 35.4 Å². The van der Waals surface area contributed by atoms with E-state index in [4.69, 9.17) is 20.6 Å². The minimum absolute atomic E-state index is 0.0951. The van der Waals surface area contributed by atoms with Crippen LogP contribution in [0.25, 0.3) is 0 Å². The Labute approximate surface area is 182 Å². The maximum atomic E-state index is 15.0. The third-order valence-corrected chi connectivity index (χ3v) is 4.43. The number of pyridine rings is 2. The SMILES string of the molecule is COc1ncc(C)cc1N(O)Nc1ccc(F)c(OCc2cnc(N)c(C(C)=N)c2)c1F. The number of methoxy groups -OCH3 is 1. The molecule has 0 aliphatic heterocycles. The lowest BCUT2D eigenvalue weighted by Gasteiger charge is -2.21. The van der Waals surface area contributed by atoms with Crippen LogP contribution >= 0.6 is 0 Å². The van der Waals surface area contributed by atoms with Gasteiger partial charge in [0, 0.05) is 29.2 Å². The van der Waals surface area contributed by atoms with E-state index in [2.05, 4.69) is 15.4 Å². The van der Waals surface area contributed by atoms with Crippen molar-refractivity contribution in [3.8, 4) is 11.6 Å². The van der Waals surface area contributed by atoms with E-state index >= 15 is 0 Å². The molecule has 168 valence electrons. The molecule has 3 rings (SSSR count). The first kappa shape index (κ1) is 22.7. The minimum atomic E-state index is -1.06. The second-order valence-corrected chi connectivity index (χ2v) is 6.89. The van der Waals surface area contributed by atoms with Gasteiger partial charge in [-0.05, 0) is 43.7 Å². The van der Waals surface area contributed by atoms with Gasteiger partial charge >= 0.3 is 0 Å². The molecule has 2 heterocycles. The van der Waals surface area contributed by atoms with Crippen molar-refractivity contribution in [2.75, 3.05) is 23.4 Å². The summed E-state index contributed by atoms with van der Waals surface area (Å²) in [5, 5.41) is 18.6. The van der Waals surface area contributed by atoms with Crippen LogP contribution in [0, 0.1) is 24.0 Å². The zero-order chi connectivity index (χ0) is 23.4. The first-order valence-electron chi connectivity index (χ1n) is 9.38. The van der Waals surface area contributed by atoms with Gasteiger partial charge in [0.1, 0.15) is 18.1 Å². The normalized spacial score (nSPS) is 10.6. The van der Waals surface area contributed by atoms with Crippen molar-refractivity contribution in [3.05, 3.63) is 65.0 Å². The zero-order valence-electron chi connectivity index (χ0n) is 17.6. The molecule has 0 amide bonds. The third-order valence-electron chi connectivity index (χ3n) is 4.43. The summed E-state index contributed by atoms with van der Waals surface area (Å²) in [4.78, 5) is 8.00. The lowest BCUT2D eigenvalue weighted by atomic mass is 10.1. The van der Waals surface area contributed by atoms with Crippen molar-refractivity contribution >= 4 is 22.9 Å². The molecule has 0 unspecified atom stereocenters. The maximum Gasteiger partial charge on any atom is 0.241 e. The molecule has 0 spiro atoms. The number of hydrazine groups is 1. The van der Waals surface area contributed by atoms with E-state index in [1.54, 1.807) is 26.0 Å². The summed E-state index contributed by atoms with van der Waals surface area (Å²) >= 11 is 0. The summed E-state index contributed by atoms with van der Waals surface area (Å²) in [5.41, 5.74) is 9.81. The standard InChI is InChI=1S/C21H22F2N6O3/c1-11-6-17(21(31-3)27-8-11)29(30)28-16-5-4-15(22)19(18(16)23)32-10-13-7-14(12(2)24)20(25)26-9-13/h4-9,24,28,30H,10H2,1-3H3,(H2,25,26). The highest BCUT2D eigenvalue weighted by molar-refractivity contribution is 6.00. The molecule has 0 radical (unpaired) electrons. The molecule has 0 saturated heterocycles. The van der Waals surface area contributed by atoms with Crippen LogP contribution in [-0.4, -0.2) is 28.0 Å². The number of ether oxygens (including phenoxy) is 2. The number of aryl methyl sites for hydroxylation is 1. The predicted octanol–water partition coefficient (Wildman–Crippen LogP) is 3.84. The molecule has 2 aromatic heterocycles. The van der Waals surface area contributed by atoms with Gasteiger partial charge in [0.2, 0.25) is 5.88 Å². The molecule has 0 fully saturated rings. The second kappa shape index (κ2) is 9.43. The van der Waals surface area contributed by atoms with Crippen LogP contribution in [0.15, 0.2) is 36.7 Å². The van der Waals surface area contributed by atoms with E-state index in [0.717, 1.165) is 17.7 Å². The highest BCUT2D eigenvalue weighted by Crippen LogP contribution is 2.31. The van der Waals surface area contributed by atoms with Gasteiger partial charge in [0.25, 0.3) is 0 Å². The van der Waals surface area contributed by atoms with Crippen molar-refractivity contribution in [2.24, 2.45) is 0 Å². The van der Waals surface area contributed by atoms with Gasteiger partial charge in [-0.15, -0.1) is 0 Å². The molecule has 0 bridgehead atoms. The Balaban J connectivity index is 1.83. The summed E-state index contributed by atoms with van der Waals surface area (Å²) in [6, 6.07) is 5.23. The first-order chi connectivity index (χ1) is 15.2. The first-order valence-corrected chi connectivity index (χ1v) is 9.38. The summed E-state index contributed by atoms with van der Waals surface area (Å²) < 4.78 is 39.7. The molecule has 0 saturated carbocycles. The number of nitrogens with one attached hydrogen (secondary N) is 2. The molecule has 0 aliphatic rings. The molecule has 0 atom stereocenters. The molecular formula is C21H22F2N6O3. The fraction of sp³-hybridized carbons (Fsp3) is 0.190. The molecule has 5 N–H and O–H groups in total. The van der Waals surface area contributed by atoms with E-state index in [1.807, 2.05) is 0 Å². The fourth-order valence-electron chi connectivity index (χ4n) is 2.83. The lowest BCUT2D eigenvalue weighted by Crippen LogP contribution is -2.27. The molecule has 0 aliphatic carbocycles. The van der Waals surface area contributed by atoms with Gasteiger partial charge < -0.3 is 20.6 Å². The number of aromatic nitrogens is 2. The molecular weight excluding hydrogens is 422 g/mol. The van der Waals surface area contributed by atoms with E-state index in [1.165, 1.54) is 19.5 Å². The molecule has 3 aromatic rings. The van der Waals surface area contributed by atoms with E-state index < -0.39 is 17.4 Å². The molecule has 11 heteroatoms. The number of benzene rings is 1. The van der Waals surface area contributed by atoms with Gasteiger partial charge in [-0.1, -0.05) is 0 Å². The largest absolute Gasteiger partial charge is 0.483 e. The number of nitrogen functional groups attached to an aromatic ring is 1. The summed E-state index contributed by atoms with van der Waals surface area (Å²) in [7, 11) is 1.37. The van der Waals surface area contributed by atoms with Crippen molar-refractivity contribution < 1.29 is 23.5 Å². The Kier molecular flexibility index (Phi) is 6.69. The van der Waals surface area contributed by atoms with Crippen molar-refractivity contribution in [1.29, 1.82) is 5.41 Å². The Morgan fingerprint density at radius 2 is 2.00 bits per heavy atom. The smallest absolute Gasteiger partial charge is 0.241 e. The minimum Gasteiger partial charge on any atom is -0.483 e. The highest BCUT2D eigenvalue weighted by Gasteiger charge is 2.19. The van der Waals surface area contributed by atoms with Crippen molar-refractivity contribution in [2.45, 2.75) is 20.5 Å². The zero-order valence-corrected chi connectivity index (χ0v) is 17.6. The van der Waals surface area contributed by atoms with Crippen LogP contribution in [0.3, 0.4) is 0 Å². The Morgan fingerprint density at radius 1 is 1.25 bits per heavy atom. The second-order valence-electron chi connectivity index (χ2n) is 6.89. The summed E-state index contributed by atoms with van der Waals surface area (Å²) in [6.45, 7) is 3.08. The lowest BCUT2D eigenvalue weighted by molar-refractivity contribution is 0.265. The fourth-order valence-corrected chi connectivity index (χ4v) is 2.83. The van der Waals surface area contributed by atoms with Crippen LogP contribution in [0.2, 0.25) is 0 Å². The van der Waals surface area contributed by atoms with Gasteiger partial charge in [0.05, 0.1) is 12.8 Å². The number of hydrogen-bond acceptors (Lipinski definition) is 9. The van der Waals surface area contributed by atoms with Crippen molar-refractivity contribution in [3.63, 3.8) is 0 Å². The molecule has 1 aromatic carbocycles. The number of nitrogens with two attached hydrogens (primary N) is 1. The summed E-state index contributed by atoms with van der Waals surface area (Å²) in [6.07, 6.45) is 2.93. The van der Waals surface area contributed by atoms with E-state index in [9.17, 15) is 14.0 Å². The topological polar surface area (TPSA) is 130 Å². The van der Waals surface area contributed by atoms with Gasteiger partial charge in [0.15, 0.2) is 17.4 Å². The average Bonchev–Trinajstić information content (AvgIpc) is 2.76. The number of rotatable bonds is 8. The Bertz CT molecular complexity index is 1160. The summed E-state index contributed by atoms with van der Waals surface area (Å²) in [5.74, 6) is -2.37. The molecule has 9 nitrogen and oxygen atoms in total. The van der Waals surface area contributed by atoms with Gasteiger partial charge in [-0.3, -0.25) is 10.6 Å². The molecule has 32 heavy (non-hydrogen) atoms. The quantitative estimate of drug-likeness (QED) is 0.305. The maximum absolute atomic E-state index is 15.0.